The lowest BCUT2D eigenvalue weighted by molar-refractivity contribution is -0.155. The van der Waals surface area contributed by atoms with E-state index in [2.05, 4.69) is 5.32 Å². The third kappa shape index (κ3) is 2.45. The summed E-state index contributed by atoms with van der Waals surface area (Å²) in [7, 11) is 0. The van der Waals surface area contributed by atoms with Gasteiger partial charge in [0.1, 0.15) is 12.1 Å². The molecule has 1 heterocycles. The predicted octanol–water partition coefficient (Wildman–Crippen LogP) is 2.08. The van der Waals surface area contributed by atoms with Crippen LogP contribution in [-0.2, 0) is 9.59 Å². The summed E-state index contributed by atoms with van der Waals surface area (Å²) in [5, 5.41) is 2.98. The van der Waals surface area contributed by atoms with E-state index < -0.39 is 0 Å². The van der Waals surface area contributed by atoms with Crippen molar-refractivity contribution in [2.75, 3.05) is 0 Å². The van der Waals surface area contributed by atoms with Gasteiger partial charge in [-0.2, -0.15) is 0 Å². The average Bonchev–Trinajstić information content (AvgIpc) is 3.25. The van der Waals surface area contributed by atoms with Gasteiger partial charge in [0.05, 0.1) is 0 Å². The van der Waals surface area contributed by atoms with E-state index >= 15 is 0 Å². The second-order valence-electron chi connectivity index (χ2n) is 7.05. The van der Waals surface area contributed by atoms with Crippen LogP contribution < -0.4 is 5.32 Å². The molecule has 0 spiro atoms. The molecule has 2 amide bonds. The van der Waals surface area contributed by atoms with Gasteiger partial charge in [0.2, 0.25) is 11.8 Å². The molecule has 1 N–H and O–H groups in total. The van der Waals surface area contributed by atoms with Gasteiger partial charge in [0.15, 0.2) is 0 Å². The molecular weight excluding hydrogens is 252 g/mol. The smallest absolute Gasteiger partial charge is 0.246 e. The van der Waals surface area contributed by atoms with Crippen LogP contribution in [0.2, 0.25) is 0 Å². The summed E-state index contributed by atoms with van der Waals surface area (Å²) >= 11 is 0. The number of carbonyl (C=O) groups is 2. The Bertz CT molecular complexity index is 397. The standard InChI is InChI=1S/C16H26N2O2/c1-10(2)13-16(20)18(12-6-4-3-5-7-12)14(11-8-9-11)15(19)17-13/h10-14H,3-9H2,1-2H3,(H,17,19). The van der Waals surface area contributed by atoms with Crippen molar-refractivity contribution in [1.82, 2.24) is 10.2 Å². The molecule has 2 aliphatic carbocycles. The normalized spacial score (nSPS) is 32.6. The minimum absolute atomic E-state index is 0.0939. The summed E-state index contributed by atoms with van der Waals surface area (Å²) in [5.41, 5.74) is 0. The van der Waals surface area contributed by atoms with Gasteiger partial charge in [-0.3, -0.25) is 9.59 Å². The molecule has 2 unspecified atom stereocenters. The second-order valence-corrected chi connectivity index (χ2v) is 7.05. The second kappa shape index (κ2) is 5.38. The lowest BCUT2D eigenvalue weighted by Crippen LogP contribution is -2.67. The van der Waals surface area contributed by atoms with Gasteiger partial charge in [-0.1, -0.05) is 33.1 Å². The highest BCUT2D eigenvalue weighted by molar-refractivity contribution is 5.97. The summed E-state index contributed by atoms with van der Waals surface area (Å²) in [5.74, 6) is 0.839. The molecular formula is C16H26N2O2. The quantitative estimate of drug-likeness (QED) is 0.859. The maximum atomic E-state index is 12.9. The Morgan fingerprint density at radius 1 is 1.05 bits per heavy atom. The number of hydrogen-bond donors (Lipinski definition) is 1. The van der Waals surface area contributed by atoms with Crippen molar-refractivity contribution in [3.05, 3.63) is 0 Å². The van der Waals surface area contributed by atoms with Crippen LogP contribution in [0.4, 0.5) is 0 Å². The van der Waals surface area contributed by atoms with Crippen LogP contribution in [0.1, 0.15) is 58.8 Å². The Hall–Kier alpha value is -1.06. The molecule has 3 rings (SSSR count). The van der Waals surface area contributed by atoms with Gasteiger partial charge in [-0.05, 0) is 37.5 Å². The van der Waals surface area contributed by atoms with Crippen LogP contribution >= 0.6 is 0 Å². The van der Waals surface area contributed by atoms with E-state index in [4.69, 9.17) is 0 Å². The van der Waals surface area contributed by atoms with Crippen molar-refractivity contribution in [3.8, 4) is 0 Å². The number of nitrogens with one attached hydrogen (secondary N) is 1. The first-order chi connectivity index (χ1) is 9.59. The molecule has 4 nitrogen and oxygen atoms in total. The highest BCUT2D eigenvalue weighted by Crippen LogP contribution is 2.40. The zero-order valence-electron chi connectivity index (χ0n) is 12.6. The Balaban J connectivity index is 1.86. The van der Waals surface area contributed by atoms with E-state index in [1.54, 1.807) is 0 Å². The van der Waals surface area contributed by atoms with Crippen molar-refractivity contribution in [3.63, 3.8) is 0 Å². The average molecular weight is 278 g/mol. The first-order valence-electron chi connectivity index (χ1n) is 8.22. The number of piperazine rings is 1. The van der Waals surface area contributed by atoms with E-state index in [-0.39, 0.29) is 29.8 Å². The van der Waals surface area contributed by atoms with Crippen LogP contribution in [0.5, 0.6) is 0 Å². The number of carbonyl (C=O) groups excluding carboxylic acids is 2. The molecule has 0 radical (unpaired) electrons. The summed E-state index contributed by atoms with van der Waals surface area (Å²) in [6.45, 7) is 4.03. The molecule has 2 atom stereocenters. The maximum absolute atomic E-state index is 12.9. The van der Waals surface area contributed by atoms with Crippen LogP contribution in [0.3, 0.4) is 0 Å². The monoisotopic (exact) mass is 278 g/mol. The van der Waals surface area contributed by atoms with Crippen LogP contribution in [0.15, 0.2) is 0 Å². The molecule has 1 aliphatic heterocycles. The van der Waals surface area contributed by atoms with E-state index in [1.165, 1.54) is 19.3 Å². The highest BCUT2D eigenvalue weighted by atomic mass is 16.2. The minimum Gasteiger partial charge on any atom is -0.342 e. The van der Waals surface area contributed by atoms with E-state index in [1.807, 2.05) is 18.7 Å². The number of amides is 2. The van der Waals surface area contributed by atoms with Crippen LogP contribution in [0.25, 0.3) is 0 Å². The summed E-state index contributed by atoms with van der Waals surface area (Å²) in [6.07, 6.45) is 8.01. The van der Waals surface area contributed by atoms with E-state index in [9.17, 15) is 9.59 Å². The zero-order chi connectivity index (χ0) is 14.3. The molecule has 1 saturated heterocycles. The molecule has 112 valence electrons. The van der Waals surface area contributed by atoms with Gasteiger partial charge >= 0.3 is 0 Å². The Morgan fingerprint density at radius 2 is 1.70 bits per heavy atom. The molecule has 2 saturated carbocycles. The Kier molecular flexibility index (Phi) is 3.74. The van der Waals surface area contributed by atoms with E-state index in [0.29, 0.717) is 12.0 Å². The van der Waals surface area contributed by atoms with Gasteiger partial charge in [-0.15, -0.1) is 0 Å². The lowest BCUT2D eigenvalue weighted by Gasteiger charge is -2.45. The maximum Gasteiger partial charge on any atom is 0.246 e. The first-order valence-corrected chi connectivity index (χ1v) is 8.22. The molecule has 3 aliphatic rings. The number of nitrogens with zero attached hydrogens (tertiary/aromatic N) is 1. The third-order valence-electron chi connectivity index (χ3n) is 5.09. The molecule has 0 aromatic heterocycles. The molecule has 0 aromatic rings. The van der Waals surface area contributed by atoms with Crippen molar-refractivity contribution in [1.29, 1.82) is 0 Å². The fraction of sp³-hybridized carbons (Fsp3) is 0.875. The molecule has 20 heavy (non-hydrogen) atoms. The highest BCUT2D eigenvalue weighted by Gasteiger charge is 2.50. The predicted molar refractivity (Wildman–Crippen MR) is 77.0 cm³/mol. The van der Waals surface area contributed by atoms with Crippen molar-refractivity contribution in [2.45, 2.75) is 76.9 Å². The van der Waals surface area contributed by atoms with Crippen molar-refractivity contribution >= 4 is 11.8 Å². The lowest BCUT2D eigenvalue weighted by atomic mass is 9.88. The minimum atomic E-state index is -0.320. The van der Waals surface area contributed by atoms with Crippen LogP contribution in [0, 0.1) is 11.8 Å². The van der Waals surface area contributed by atoms with Gasteiger partial charge in [0, 0.05) is 6.04 Å². The SMILES string of the molecule is CC(C)C1NC(=O)C(C2CC2)N(C2CCCCC2)C1=O. The summed E-state index contributed by atoms with van der Waals surface area (Å²) < 4.78 is 0. The molecule has 0 aromatic carbocycles. The molecule has 4 heteroatoms. The van der Waals surface area contributed by atoms with E-state index in [0.717, 1.165) is 25.7 Å². The van der Waals surface area contributed by atoms with Crippen LogP contribution in [-0.4, -0.2) is 34.8 Å². The topological polar surface area (TPSA) is 49.4 Å². The number of rotatable bonds is 3. The first kappa shape index (κ1) is 13.9. The fourth-order valence-corrected chi connectivity index (χ4v) is 3.80. The Morgan fingerprint density at radius 3 is 2.25 bits per heavy atom. The van der Waals surface area contributed by atoms with Gasteiger partial charge in [-0.25, -0.2) is 0 Å². The number of hydrogen-bond acceptors (Lipinski definition) is 2. The summed E-state index contributed by atoms with van der Waals surface area (Å²) in [4.78, 5) is 27.4. The van der Waals surface area contributed by atoms with Gasteiger partial charge < -0.3 is 10.2 Å². The van der Waals surface area contributed by atoms with Crippen molar-refractivity contribution < 1.29 is 9.59 Å². The largest absolute Gasteiger partial charge is 0.342 e. The Labute approximate surface area is 121 Å². The zero-order valence-corrected chi connectivity index (χ0v) is 12.6. The van der Waals surface area contributed by atoms with Crippen molar-refractivity contribution in [2.24, 2.45) is 11.8 Å². The summed E-state index contributed by atoms with van der Waals surface area (Å²) in [6, 6.07) is -0.200. The molecule has 0 bridgehead atoms. The third-order valence-corrected chi connectivity index (χ3v) is 5.09. The fourth-order valence-electron chi connectivity index (χ4n) is 3.80. The molecule has 3 fully saturated rings. The van der Waals surface area contributed by atoms with Gasteiger partial charge in [0.25, 0.3) is 0 Å².